The Kier molecular flexibility index (Phi) is 5.68. The van der Waals surface area contributed by atoms with Gasteiger partial charge < -0.3 is 9.88 Å². The van der Waals surface area contributed by atoms with E-state index < -0.39 is 0 Å². The Balaban J connectivity index is 1.42. The van der Waals surface area contributed by atoms with Gasteiger partial charge in [0.15, 0.2) is 11.2 Å². The fraction of sp³-hybridized carbons (Fsp3) is 0.292. The molecule has 0 spiro atoms. The summed E-state index contributed by atoms with van der Waals surface area (Å²) < 4.78 is 1.61. The number of nitrogens with zero attached hydrogens (tertiary/aromatic N) is 5. The molecule has 5 rings (SSSR count). The van der Waals surface area contributed by atoms with Gasteiger partial charge in [-0.15, -0.1) is 5.10 Å². The lowest BCUT2D eigenvalue weighted by Gasteiger charge is -2.32. The Morgan fingerprint density at radius 1 is 1.21 bits per heavy atom. The first-order chi connectivity index (χ1) is 16.0. The second kappa shape index (κ2) is 8.78. The first-order valence-corrected chi connectivity index (χ1v) is 11.3. The van der Waals surface area contributed by atoms with Crippen LogP contribution in [0.25, 0.3) is 11.2 Å². The van der Waals surface area contributed by atoms with Crippen molar-refractivity contribution in [2.24, 2.45) is 0 Å². The molecule has 2 aromatic carbocycles. The molecule has 1 atom stereocenters. The summed E-state index contributed by atoms with van der Waals surface area (Å²) in [6.45, 7) is 3.58. The van der Waals surface area contributed by atoms with Gasteiger partial charge in [0.1, 0.15) is 5.82 Å². The molecule has 2 aromatic heterocycles. The maximum absolute atomic E-state index is 13.0. The summed E-state index contributed by atoms with van der Waals surface area (Å²) in [6, 6.07) is 15.0. The van der Waals surface area contributed by atoms with E-state index in [1.165, 1.54) is 0 Å². The van der Waals surface area contributed by atoms with Crippen molar-refractivity contribution in [3.63, 3.8) is 0 Å². The van der Waals surface area contributed by atoms with Crippen molar-refractivity contribution in [2.75, 3.05) is 13.1 Å². The zero-order chi connectivity index (χ0) is 22.9. The first-order valence-electron chi connectivity index (χ1n) is 10.9. The van der Waals surface area contributed by atoms with Gasteiger partial charge in [-0.25, -0.2) is 9.67 Å². The monoisotopic (exact) mass is 462 g/mol. The summed E-state index contributed by atoms with van der Waals surface area (Å²) in [5.41, 5.74) is 3.02. The molecule has 0 bridgehead atoms. The van der Waals surface area contributed by atoms with Crippen molar-refractivity contribution in [1.82, 2.24) is 29.9 Å². The van der Waals surface area contributed by atoms with E-state index in [2.05, 4.69) is 15.3 Å². The summed E-state index contributed by atoms with van der Waals surface area (Å²) in [7, 11) is 0. The maximum atomic E-state index is 13.0. The second-order valence-electron chi connectivity index (χ2n) is 8.46. The van der Waals surface area contributed by atoms with E-state index >= 15 is 0 Å². The van der Waals surface area contributed by atoms with Crippen molar-refractivity contribution in [2.45, 2.75) is 32.2 Å². The van der Waals surface area contributed by atoms with Gasteiger partial charge >= 0.3 is 0 Å². The topological polar surface area (TPSA) is 96.8 Å². The maximum Gasteiger partial charge on any atom is 0.281 e. The molecular weight excluding hydrogens is 440 g/mol. The third-order valence-electron chi connectivity index (χ3n) is 6.01. The Morgan fingerprint density at radius 2 is 2.03 bits per heavy atom. The summed E-state index contributed by atoms with van der Waals surface area (Å²) in [6.07, 6.45) is 1.67. The number of aromatic amines is 1. The van der Waals surface area contributed by atoms with Gasteiger partial charge in [-0.05, 0) is 49.6 Å². The van der Waals surface area contributed by atoms with Gasteiger partial charge in [-0.2, -0.15) is 0 Å². The molecule has 1 amide bonds. The fourth-order valence-corrected chi connectivity index (χ4v) is 4.47. The molecule has 1 aliphatic heterocycles. The number of aryl methyl sites for hydroxylation is 1. The smallest absolute Gasteiger partial charge is 0.281 e. The quantitative estimate of drug-likeness (QED) is 0.500. The normalized spacial score (nSPS) is 16.3. The number of likely N-dealkylation sites (tertiary alicyclic amines) is 1. The highest BCUT2D eigenvalue weighted by atomic mass is 35.5. The van der Waals surface area contributed by atoms with E-state index in [1.54, 1.807) is 10.7 Å². The minimum absolute atomic E-state index is 0.00390. The summed E-state index contributed by atoms with van der Waals surface area (Å²) in [4.78, 5) is 35.2. The Labute approximate surface area is 195 Å². The third-order valence-corrected chi connectivity index (χ3v) is 6.24. The van der Waals surface area contributed by atoms with E-state index in [0.717, 1.165) is 24.0 Å². The van der Waals surface area contributed by atoms with E-state index in [0.29, 0.717) is 41.7 Å². The largest absolute Gasteiger partial charge is 0.338 e. The molecule has 0 aliphatic carbocycles. The lowest BCUT2D eigenvalue weighted by molar-refractivity contribution is 0.0704. The first kappa shape index (κ1) is 21.3. The number of hydrogen-bond acceptors (Lipinski definition) is 5. The van der Waals surface area contributed by atoms with Crippen LogP contribution >= 0.6 is 11.6 Å². The predicted octanol–water partition coefficient (Wildman–Crippen LogP) is 3.54. The standard InChI is InChI=1S/C24H23ClN6O2/c1-15-7-9-17(10-8-15)24(33)30-11-3-5-18(14-30)21-26-22-20(23(32)27-21)28-29-31(22)13-16-4-2-6-19(25)12-16/h2,4,6-10,12,18H,3,5,11,13-14H2,1H3,(H,26,27,32). The minimum Gasteiger partial charge on any atom is -0.338 e. The van der Waals surface area contributed by atoms with Crippen molar-refractivity contribution >= 4 is 28.7 Å². The molecule has 8 nitrogen and oxygen atoms in total. The highest BCUT2D eigenvalue weighted by Crippen LogP contribution is 2.26. The number of carbonyl (C=O) groups excluding carboxylic acids is 1. The third kappa shape index (κ3) is 4.39. The van der Waals surface area contributed by atoms with Gasteiger partial charge in [0.05, 0.1) is 6.54 Å². The molecule has 0 saturated carbocycles. The van der Waals surface area contributed by atoms with Crippen LogP contribution in [0.15, 0.2) is 53.3 Å². The fourth-order valence-electron chi connectivity index (χ4n) is 4.25. The molecule has 1 unspecified atom stereocenters. The summed E-state index contributed by atoms with van der Waals surface area (Å²) >= 11 is 6.10. The van der Waals surface area contributed by atoms with Crippen LogP contribution in [0.5, 0.6) is 0 Å². The van der Waals surface area contributed by atoms with Crippen LogP contribution in [0.2, 0.25) is 5.02 Å². The minimum atomic E-state index is -0.325. The number of benzene rings is 2. The molecule has 4 aromatic rings. The lowest BCUT2D eigenvalue weighted by Crippen LogP contribution is -2.40. The molecule has 1 fully saturated rings. The Morgan fingerprint density at radius 3 is 2.82 bits per heavy atom. The van der Waals surface area contributed by atoms with Crippen LogP contribution < -0.4 is 5.56 Å². The molecule has 1 aliphatic rings. The number of carbonyl (C=O) groups is 1. The van der Waals surface area contributed by atoms with Crippen molar-refractivity contribution in [3.05, 3.63) is 86.4 Å². The molecular formula is C24H23ClN6O2. The highest BCUT2D eigenvalue weighted by molar-refractivity contribution is 6.30. The molecule has 168 valence electrons. The second-order valence-corrected chi connectivity index (χ2v) is 8.89. The number of halogens is 1. The van der Waals surface area contributed by atoms with Crippen molar-refractivity contribution in [3.8, 4) is 0 Å². The zero-order valence-electron chi connectivity index (χ0n) is 18.2. The van der Waals surface area contributed by atoms with Gasteiger partial charge in [0.25, 0.3) is 11.5 Å². The van der Waals surface area contributed by atoms with Crippen LogP contribution in [0.4, 0.5) is 0 Å². The number of nitrogens with one attached hydrogen (secondary N) is 1. The molecule has 9 heteroatoms. The molecule has 1 saturated heterocycles. The number of aromatic nitrogens is 5. The van der Waals surface area contributed by atoms with Crippen molar-refractivity contribution < 1.29 is 4.79 Å². The predicted molar refractivity (Wildman–Crippen MR) is 126 cm³/mol. The average Bonchev–Trinajstić information content (AvgIpc) is 3.22. The van der Waals surface area contributed by atoms with Crippen molar-refractivity contribution in [1.29, 1.82) is 0 Å². The van der Waals surface area contributed by atoms with E-state index in [1.807, 2.05) is 54.3 Å². The molecule has 1 N–H and O–H groups in total. The van der Waals surface area contributed by atoms with Crippen LogP contribution in [0, 0.1) is 6.92 Å². The highest BCUT2D eigenvalue weighted by Gasteiger charge is 2.28. The van der Waals surface area contributed by atoms with Gasteiger partial charge in [-0.1, -0.05) is 46.6 Å². The van der Waals surface area contributed by atoms with Crippen LogP contribution in [0.1, 0.15) is 46.1 Å². The van der Waals surface area contributed by atoms with Gasteiger partial charge in [-0.3, -0.25) is 9.59 Å². The lowest BCUT2D eigenvalue weighted by atomic mass is 9.96. The van der Waals surface area contributed by atoms with E-state index in [-0.39, 0.29) is 22.9 Å². The number of hydrogen-bond donors (Lipinski definition) is 1. The number of rotatable bonds is 4. The van der Waals surface area contributed by atoms with Crippen LogP contribution in [-0.4, -0.2) is 48.9 Å². The number of H-pyrrole nitrogens is 1. The molecule has 0 radical (unpaired) electrons. The molecule has 33 heavy (non-hydrogen) atoms. The summed E-state index contributed by atoms with van der Waals surface area (Å²) in [5.74, 6) is 0.485. The Hall–Kier alpha value is -3.52. The SMILES string of the molecule is Cc1ccc(C(=O)N2CCCC(c3nc4c(nnn4Cc4cccc(Cl)c4)c(=O)[nH]3)C2)cc1. The zero-order valence-corrected chi connectivity index (χ0v) is 18.9. The van der Waals surface area contributed by atoms with Gasteiger partial charge in [0.2, 0.25) is 0 Å². The number of fused-ring (bicyclic) bond motifs is 1. The summed E-state index contributed by atoms with van der Waals surface area (Å²) in [5, 5.41) is 8.78. The average molecular weight is 463 g/mol. The van der Waals surface area contributed by atoms with Crippen LogP contribution in [0.3, 0.4) is 0 Å². The van der Waals surface area contributed by atoms with Gasteiger partial charge in [0, 0.05) is 29.6 Å². The number of amides is 1. The van der Waals surface area contributed by atoms with E-state index in [4.69, 9.17) is 16.6 Å². The molecule has 3 heterocycles. The van der Waals surface area contributed by atoms with E-state index in [9.17, 15) is 9.59 Å². The van der Waals surface area contributed by atoms with Crippen LogP contribution in [-0.2, 0) is 6.54 Å². The number of piperidine rings is 1. The Bertz CT molecular complexity index is 1380.